The molecule has 1 amide bonds. The number of rotatable bonds is 9. The number of benzene rings is 2. The van der Waals surface area contributed by atoms with Crippen molar-refractivity contribution in [2.24, 2.45) is 0 Å². The molecule has 3 rings (SSSR count). The topological polar surface area (TPSA) is 106 Å². The van der Waals surface area contributed by atoms with Crippen molar-refractivity contribution in [2.45, 2.75) is 44.6 Å². The maximum Gasteiger partial charge on any atom is 0.240 e. The number of hydrogen-bond donors (Lipinski definition) is 2. The van der Waals surface area contributed by atoms with Gasteiger partial charge in [-0.3, -0.25) is 4.79 Å². The lowest BCUT2D eigenvalue weighted by molar-refractivity contribution is -0.121. The second-order valence-electron chi connectivity index (χ2n) is 7.49. The predicted octanol–water partition coefficient (Wildman–Crippen LogP) is 2.82. The standard InChI is InChI=1S/C22H27N5O3S/c1-16-6-7-17(2)21(13-16)31(29,30)25-12-4-5-22(28)26-18(3)19-8-10-20(11-9-19)27-15-23-14-24-27/h6-11,13-15,18,25H,4-5,12H2,1-3H3,(H,26,28)/t18-/m1/s1. The van der Waals surface area contributed by atoms with Crippen LogP contribution in [0.1, 0.15) is 42.5 Å². The van der Waals surface area contributed by atoms with Crippen LogP contribution >= 0.6 is 0 Å². The minimum Gasteiger partial charge on any atom is -0.350 e. The lowest BCUT2D eigenvalue weighted by Gasteiger charge is -2.15. The van der Waals surface area contributed by atoms with Gasteiger partial charge in [0.05, 0.1) is 16.6 Å². The van der Waals surface area contributed by atoms with E-state index in [1.807, 2.05) is 44.2 Å². The molecule has 1 aromatic heterocycles. The molecule has 0 saturated carbocycles. The molecule has 164 valence electrons. The number of aryl methyl sites for hydroxylation is 2. The molecular weight excluding hydrogens is 414 g/mol. The van der Waals surface area contributed by atoms with Crippen molar-refractivity contribution in [2.75, 3.05) is 6.54 Å². The summed E-state index contributed by atoms with van der Waals surface area (Å²) in [5.74, 6) is -0.126. The molecule has 0 saturated heterocycles. The quantitative estimate of drug-likeness (QED) is 0.497. The van der Waals surface area contributed by atoms with E-state index in [1.165, 1.54) is 6.33 Å². The fourth-order valence-electron chi connectivity index (χ4n) is 3.18. The van der Waals surface area contributed by atoms with Crippen LogP contribution in [-0.2, 0) is 14.8 Å². The molecule has 2 N–H and O–H groups in total. The second-order valence-corrected chi connectivity index (χ2v) is 9.23. The number of carbonyl (C=O) groups excluding carboxylic acids is 1. The minimum atomic E-state index is -3.59. The SMILES string of the molecule is Cc1ccc(C)c(S(=O)(=O)NCCCC(=O)N[C@H](C)c2ccc(-n3cncn3)cc2)c1. The van der Waals surface area contributed by atoms with Gasteiger partial charge in [-0.15, -0.1) is 0 Å². The molecule has 3 aromatic rings. The summed E-state index contributed by atoms with van der Waals surface area (Å²) in [6.07, 6.45) is 3.73. The molecule has 9 heteroatoms. The summed E-state index contributed by atoms with van der Waals surface area (Å²) >= 11 is 0. The Kier molecular flexibility index (Phi) is 7.19. The number of hydrogen-bond acceptors (Lipinski definition) is 5. The average molecular weight is 442 g/mol. The van der Waals surface area contributed by atoms with Crippen molar-refractivity contribution < 1.29 is 13.2 Å². The van der Waals surface area contributed by atoms with E-state index in [-0.39, 0.29) is 29.8 Å². The molecule has 8 nitrogen and oxygen atoms in total. The molecule has 0 spiro atoms. The molecule has 1 atom stereocenters. The zero-order chi connectivity index (χ0) is 22.4. The normalized spacial score (nSPS) is 12.5. The number of sulfonamides is 1. The Morgan fingerprint density at radius 2 is 1.87 bits per heavy atom. The van der Waals surface area contributed by atoms with E-state index in [1.54, 1.807) is 30.1 Å². The van der Waals surface area contributed by atoms with Crippen molar-refractivity contribution in [1.29, 1.82) is 0 Å². The number of aromatic nitrogens is 3. The first-order valence-corrected chi connectivity index (χ1v) is 11.6. The van der Waals surface area contributed by atoms with Gasteiger partial charge in [0, 0.05) is 13.0 Å². The molecule has 31 heavy (non-hydrogen) atoms. The molecule has 0 aliphatic heterocycles. The lowest BCUT2D eigenvalue weighted by Crippen LogP contribution is -2.29. The Labute approximate surface area is 182 Å². The maximum atomic E-state index is 12.5. The van der Waals surface area contributed by atoms with E-state index in [0.717, 1.165) is 16.8 Å². The summed E-state index contributed by atoms with van der Waals surface area (Å²) in [4.78, 5) is 16.5. The zero-order valence-corrected chi connectivity index (χ0v) is 18.7. The third-order valence-electron chi connectivity index (χ3n) is 4.96. The highest BCUT2D eigenvalue weighted by Gasteiger charge is 2.17. The summed E-state index contributed by atoms with van der Waals surface area (Å²) in [6.45, 7) is 5.73. The molecule has 0 unspecified atom stereocenters. The van der Waals surface area contributed by atoms with Crippen LogP contribution in [-0.4, -0.2) is 35.6 Å². The summed E-state index contributed by atoms with van der Waals surface area (Å²) < 4.78 is 29.2. The van der Waals surface area contributed by atoms with Crippen molar-refractivity contribution in [3.05, 3.63) is 71.8 Å². The van der Waals surface area contributed by atoms with Gasteiger partial charge >= 0.3 is 0 Å². The van der Waals surface area contributed by atoms with Gasteiger partial charge in [0.2, 0.25) is 15.9 Å². The second kappa shape index (κ2) is 9.84. The highest BCUT2D eigenvalue weighted by atomic mass is 32.2. The van der Waals surface area contributed by atoms with E-state index in [9.17, 15) is 13.2 Å². The lowest BCUT2D eigenvalue weighted by atomic mass is 10.1. The van der Waals surface area contributed by atoms with Gasteiger partial charge in [-0.1, -0.05) is 24.3 Å². The fraction of sp³-hybridized carbons (Fsp3) is 0.318. The van der Waals surface area contributed by atoms with Gasteiger partial charge in [0.25, 0.3) is 0 Å². The molecular formula is C22H27N5O3S. The molecule has 0 fully saturated rings. The van der Waals surface area contributed by atoms with E-state index in [0.29, 0.717) is 12.0 Å². The molecule has 1 heterocycles. The van der Waals surface area contributed by atoms with E-state index < -0.39 is 10.0 Å². The summed E-state index contributed by atoms with van der Waals surface area (Å²) in [7, 11) is -3.59. The average Bonchev–Trinajstić information content (AvgIpc) is 3.28. The van der Waals surface area contributed by atoms with Gasteiger partial charge in [0.1, 0.15) is 12.7 Å². The number of carbonyl (C=O) groups is 1. The molecule has 0 aliphatic rings. The Morgan fingerprint density at radius 3 is 2.55 bits per heavy atom. The highest BCUT2D eigenvalue weighted by molar-refractivity contribution is 7.89. The van der Waals surface area contributed by atoms with Crippen LogP contribution in [0.4, 0.5) is 0 Å². The van der Waals surface area contributed by atoms with Crippen LogP contribution in [0.25, 0.3) is 5.69 Å². The Balaban J connectivity index is 1.46. The van der Waals surface area contributed by atoms with Gasteiger partial charge in [-0.2, -0.15) is 5.10 Å². The van der Waals surface area contributed by atoms with Crippen LogP contribution in [0, 0.1) is 13.8 Å². The monoisotopic (exact) mass is 441 g/mol. The van der Waals surface area contributed by atoms with Crippen LogP contribution < -0.4 is 10.0 Å². The van der Waals surface area contributed by atoms with Gasteiger partial charge in [-0.05, 0) is 62.1 Å². The number of amides is 1. The molecule has 0 radical (unpaired) electrons. The van der Waals surface area contributed by atoms with Crippen molar-refractivity contribution in [3.8, 4) is 5.69 Å². The Morgan fingerprint density at radius 1 is 1.13 bits per heavy atom. The van der Waals surface area contributed by atoms with Crippen molar-refractivity contribution >= 4 is 15.9 Å². The first-order chi connectivity index (χ1) is 14.8. The van der Waals surface area contributed by atoms with E-state index in [2.05, 4.69) is 20.1 Å². The Bertz CT molecular complexity index is 1130. The smallest absolute Gasteiger partial charge is 0.240 e. The van der Waals surface area contributed by atoms with Gasteiger partial charge in [0.15, 0.2) is 0 Å². The van der Waals surface area contributed by atoms with Crippen LogP contribution in [0.15, 0.2) is 60.0 Å². The third-order valence-corrected chi connectivity index (χ3v) is 6.56. The van der Waals surface area contributed by atoms with Crippen LogP contribution in [0.5, 0.6) is 0 Å². The fourth-order valence-corrected chi connectivity index (χ4v) is 4.59. The Hall–Kier alpha value is -3.04. The highest BCUT2D eigenvalue weighted by Crippen LogP contribution is 2.17. The zero-order valence-electron chi connectivity index (χ0n) is 17.9. The third kappa shape index (κ3) is 5.99. The van der Waals surface area contributed by atoms with Crippen molar-refractivity contribution in [3.63, 3.8) is 0 Å². The van der Waals surface area contributed by atoms with Gasteiger partial charge < -0.3 is 5.32 Å². The first-order valence-electron chi connectivity index (χ1n) is 10.1. The minimum absolute atomic E-state index is 0.126. The largest absolute Gasteiger partial charge is 0.350 e. The van der Waals surface area contributed by atoms with Crippen LogP contribution in [0.2, 0.25) is 0 Å². The predicted molar refractivity (Wildman–Crippen MR) is 118 cm³/mol. The molecule has 0 aliphatic carbocycles. The summed E-state index contributed by atoms with van der Waals surface area (Å²) in [5, 5.41) is 7.03. The summed E-state index contributed by atoms with van der Waals surface area (Å²) in [6, 6.07) is 12.8. The molecule has 2 aromatic carbocycles. The van der Waals surface area contributed by atoms with E-state index >= 15 is 0 Å². The van der Waals surface area contributed by atoms with Crippen LogP contribution in [0.3, 0.4) is 0 Å². The number of nitrogens with zero attached hydrogens (tertiary/aromatic N) is 3. The first kappa shape index (κ1) is 22.6. The maximum absolute atomic E-state index is 12.5. The summed E-state index contributed by atoms with van der Waals surface area (Å²) in [5.41, 5.74) is 3.43. The van der Waals surface area contributed by atoms with Gasteiger partial charge in [-0.25, -0.2) is 22.8 Å². The van der Waals surface area contributed by atoms with Crippen molar-refractivity contribution in [1.82, 2.24) is 24.8 Å². The van der Waals surface area contributed by atoms with E-state index in [4.69, 9.17) is 0 Å². The molecule has 0 bridgehead atoms. The number of nitrogens with one attached hydrogen (secondary N) is 2.